The first-order chi connectivity index (χ1) is 9.81. The Hall–Kier alpha value is -1.94. The van der Waals surface area contributed by atoms with E-state index in [4.69, 9.17) is 0 Å². The number of thiophene rings is 1. The van der Waals surface area contributed by atoms with Crippen molar-refractivity contribution in [1.29, 1.82) is 0 Å². The van der Waals surface area contributed by atoms with Crippen molar-refractivity contribution in [3.05, 3.63) is 41.3 Å². The third kappa shape index (κ3) is 2.06. The van der Waals surface area contributed by atoms with Crippen LogP contribution in [0.1, 0.15) is 29.6 Å². The molecule has 4 rings (SSSR count). The number of ketones is 1. The van der Waals surface area contributed by atoms with Crippen LogP contribution in [0.25, 0.3) is 21.5 Å². The molecule has 100 valence electrons. The van der Waals surface area contributed by atoms with Crippen LogP contribution in [0.15, 0.2) is 35.7 Å². The third-order valence-electron chi connectivity index (χ3n) is 3.80. The molecule has 0 aliphatic heterocycles. The van der Waals surface area contributed by atoms with Gasteiger partial charge < -0.3 is 0 Å². The van der Waals surface area contributed by atoms with E-state index in [1.807, 2.05) is 29.6 Å². The zero-order valence-corrected chi connectivity index (χ0v) is 11.7. The molecule has 0 bridgehead atoms. The van der Waals surface area contributed by atoms with Gasteiger partial charge in [-0.2, -0.15) is 5.10 Å². The molecule has 1 aliphatic carbocycles. The lowest BCUT2D eigenvalue weighted by molar-refractivity contribution is 0.0976. The number of hydrogen-bond acceptors (Lipinski definition) is 3. The van der Waals surface area contributed by atoms with Gasteiger partial charge in [0.05, 0.1) is 10.4 Å². The average Bonchev–Trinajstić information content (AvgIpc) is 3.01. The Morgan fingerprint density at radius 1 is 1.35 bits per heavy atom. The fraction of sp³-hybridized carbons (Fsp3) is 0.250. The number of fused-ring (bicyclic) bond motifs is 1. The van der Waals surface area contributed by atoms with Gasteiger partial charge in [0.15, 0.2) is 5.78 Å². The standard InChI is InChI=1S/C16H14N2OS/c19-14(7-10-5-6-10)11-8-15(20-9-11)16-12-3-1-2-4-13(12)17-18-16/h1-4,8-10H,5-7H2,(H,17,18). The number of para-hydroxylation sites is 1. The van der Waals surface area contributed by atoms with Gasteiger partial charge in [0.25, 0.3) is 0 Å². The summed E-state index contributed by atoms with van der Waals surface area (Å²) < 4.78 is 0. The Labute approximate surface area is 120 Å². The molecule has 2 heterocycles. The summed E-state index contributed by atoms with van der Waals surface area (Å²) in [6.45, 7) is 0. The molecule has 4 heteroatoms. The van der Waals surface area contributed by atoms with Crippen LogP contribution in [-0.2, 0) is 0 Å². The lowest BCUT2D eigenvalue weighted by atomic mass is 10.1. The van der Waals surface area contributed by atoms with Crippen LogP contribution in [0.3, 0.4) is 0 Å². The largest absolute Gasteiger partial charge is 0.294 e. The summed E-state index contributed by atoms with van der Waals surface area (Å²) in [4.78, 5) is 13.2. The normalized spacial score (nSPS) is 14.8. The maximum Gasteiger partial charge on any atom is 0.164 e. The number of H-pyrrole nitrogens is 1. The van der Waals surface area contributed by atoms with Gasteiger partial charge in [0.1, 0.15) is 5.69 Å². The van der Waals surface area contributed by atoms with Crippen LogP contribution in [-0.4, -0.2) is 16.0 Å². The van der Waals surface area contributed by atoms with Crippen molar-refractivity contribution >= 4 is 28.0 Å². The quantitative estimate of drug-likeness (QED) is 0.726. The van der Waals surface area contributed by atoms with Crippen molar-refractivity contribution in [2.75, 3.05) is 0 Å². The number of hydrogen-bond donors (Lipinski definition) is 1. The summed E-state index contributed by atoms with van der Waals surface area (Å²) in [6.07, 6.45) is 3.14. The van der Waals surface area contributed by atoms with Gasteiger partial charge >= 0.3 is 0 Å². The molecule has 0 spiro atoms. The minimum atomic E-state index is 0.273. The first-order valence-electron chi connectivity index (χ1n) is 6.86. The van der Waals surface area contributed by atoms with E-state index in [2.05, 4.69) is 16.3 Å². The molecular formula is C16H14N2OS. The highest BCUT2D eigenvalue weighted by molar-refractivity contribution is 7.14. The van der Waals surface area contributed by atoms with Crippen LogP contribution >= 0.6 is 11.3 Å². The molecule has 0 radical (unpaired) electrons. The molecule has 1 fully saturated rings. The minimum Gasteiger partial charge on any atom is -0.294 e. The minimum absolute atomic E-state index is 0.273. The van der Waals surface area contributed by atoms with Crippen molar-refractivity contribution in [2.24, 2.45) is 5.92 Å². The van der Waals surface area contributed by atoms with Gasteiger partial charge in [0.2, 0.25) is 0 Å². The average molecular weight is 282 g/mol. The van der Waals surface area contributed by atoms with Crippen molar-refractivity contribution in [1.82, 2.24) is 10.2 Å². The number of benzene rings is 1. The van der Waals surface area contributed by atoms with E-state index in [-0.39, 0.29) is 5.78 Å². The van der Waals surface area contributed by atoms with E-state index in [9.17, 15) is 4.79 Å². The second-order valence-electron chi connectivity index (χ2n) is 5.39. The summed E-state index contributed by atoms with van der Waals surface area (Å²) in [7, 11) is 0. The predicted molar refractivity (Wildman–Crippen MR) is 81.1 cm³/mol. The molecule has 0 amide bonds. The van der Waals surface area contributed by atoms with E-state index in [0.717, 1.165) is 27.0 Å². The van der Waals surface area contributed by atoms with Crippen LogP contribution < -0.4 is 0 Å². The number of aromatic amines is 1. The number of nitrogens with zero attached hydrogens (tertiary/aromatic N) is 1. The van der Waals surface area contributed by atoms with E-state index < -0.39 is 0 Å². The highest BCUT2D eigenvalue weighted by Crippen LogP contribution is 2.35. The summed E-state index contributed by atoms with van der Waals surface area (Å²) in [6, 6.07) is 10.0. The van der Waals surface area contributed by atoms with Crippen LogP contribution in [0.2, 0.25) is 0 Å². The third-order valence-corrected chi connectivity index (χ3v) is 4.73. The summed E-state index contributed by atoms with van der Waals surface area (Å²) in [5, 5.41) is 10.5. The summed E-state index contributed by atoms with van der Waals surface area (Å²) in [5.41, 5.74) is 2.81. The lowest BCUT2D eigenvalue weighted by Crippen LogP contribution is -1.97. The Kier molecular flexibility index (Phi) is 2.70. The topological polar surface area (TPSA) is 45.8 Å². The fourth-order valence-corrected chi connectivity index (χ4v) is 3.38. The zero-order valence-electron chi connectivity index (χ0n) is 10.9. The fourth-order valence-electron chi connectivity index (χ4n) is 2.46. The van der Waals surface area contributed by atoms with Gasteiger partial charge in [-0.1, -0.05) is 18.2 Å². The summed E-state index contributed by atoms with van der Waals surface area (Å²) >= 11 is 1.59. The van der Waals surface area contributed by atoms with Gasteiger partial charge in [-0.25, -0.2) is 0 Å². The van der Waals surface area contributed by atoms with Crippen molar-refractivity contribution < 1.29 is 4.79 Å². The molecule has 0 saturated heterocycles. The molecular weight excluding hydrogens is 268 g/mol. The number of nitrogens with one attached hydrogen (secondary N) is 1. The Morgan fingerprint density at radius 3 is 3.05 bits per heavy atom. The van der Waals surface area contributed by atoms with Gasteiger partial charge in [-0.05, 0) is 30.9 Å². The van der Waals surface area contributed by atoms with Crippen LogP contribution in [0.5, 0.6) is 0 Å². The lowest BCUT2D eigenvalue weighted by Gasteiger charge is -1.94. The molecule has 1 saturated carbocycles. The number of Topliss-reactive ketones (excluding diaryl/α,β-unsaturated/α-hetero) is 1. The van der Waals surface area contributed by atoms with Gasteiger partial charge in [-0.15, -0.1) is 11.3 Å². The molecule has 20 heavy (non-hydrogen) atoms. The first kappa shape index (κ1) is 11.9. The number of carbonyl (C=O) groups excluding carboxylic acids is 1. The molecule has 1 N–H and O–H groups in total. The first-order valence-corrected chi connectivity index (χ1v) is 7.74. The van der Waals surface area contributed by atoms with E-state index in [0.29, 0.717) is 12.3 Å². The Bertz CT molecular complexity index is 782. The van der Waals surface area contributed by atoms with Crippen molar-refractivity contribution in [3.63, 3.8) is 0 Å². The molecule has 0 atom stereocenters. The molecule has 2 aromatic heterocycles. The van der Waals surface area contributed by atoms with E-state index >= 15 is 0 Å². The number of carbonyl (C=O) groups is 1. The van der Waals surface area contributed by atoms with Gasteiger partial charge in [0, 0.05) is 22.8 Å². The maximum absolute atomic E-state index is 12.1. The smallest absolute Gasteiger partial charge is 0.164 e. The SMILES string of the molecule is O=C(CC1CC1)c1csc(-c2n[nH]c3ccccc23)c1. The predicted octanol–water partition coefficient (Wildman–Crippen LogP) is 4.27. The van der Waals surface area contributed by atoms with Crippen LogP contribution in [0.4, 0.5) is 0 Å². The van der Waals surface area contributed by atoms with Gasteiger partial charge in [-0.3, -0.25) is 9.89 Å². The second-order valence-corrected chi connectivity index (χ2v) is 6.30. The summed E-state index contributed by atoms with van der Waals surface area (Å²) in [5.74, 6) is 0.909. The zero-order chi connectivity index (χ0) is 13.5. The maximum atomic E-state index is 12.1. The second kappa shape index (κ2) is 4.56. The van der Waals surface area contributed by atoms with Crippen molar-refractivity contribution in [2.45, 2.75) is 19.3 Å². The molecule has 3 aromatic rings. The molecule has 1 aromatic carbocycles. The van der Waals surface area contributed by atoms with E-state index in [1.165, 1.54) is 12.8 Å². The highest BCUT2D eigenvalue weighted by Gasteiger charge is 2.25. The van der Waals surface area contributed by atoms with Crippen molar-refractivity contribution in [3.8, 4) is 10.6 Å². The van der Waals surface area contributed by atoms with Crippen LogP contribution in [0, 0.1) is 5.92 Å². The molecule has 3 nitrogen and oxygen atoms in total. The molecule has 1 aliphatic rings. The molecule has 0 unspecified atom stereocenters. The highest BCUT2D eigenvalue weighted by atomic mass is 32.1. The monoisotopic (exact) mass is 282 g/mol. The Balaban J connectivity index is 1.68. The number of aromatic nitrogens is 2. The van der Waals surface area contributed by atoms with E-state index in [1.54, 1.807) is 11.3 Å². The number of rotatable bonds is 4. The Morgan fingerprint density at radius 2 is 2.20 bits per heavy atom.